The number of allylic oxidation sites excluding steroid dienone is 6. The minimum atomic E-state index is -0.856. The maximum absolute atomic E-state index is 11.8. The van der Waals surface area contributed by atoms with E-state index in [1.165, 1.54) is 41.9 Å². The van der Waals surface area contributed by atoms with Crippen LogP contribution in [0.2, 0.25) is 0 Å². The summed E-state index contributed by atoms with van der Waals surface area (Å²) in [5.74, 6) is 0.465. The minimum Gasteiger partial charge on any atom is -0.490 e. The molecule has 40 heavy (non-hydrogen) atoms. The summed E-state index contributed by atoms with van der Waals surface area (Å²) in [6.45, 7) is 21.5. The molecule has 0 unspecified atom stereocenters. The largest absolute Gasteiger partial charge is 0.490 e. The summed E-state index contributed by atoms with van der Waals surface area (Å²) >= 11 is 1.42. The fourth-order valence-electron chi connectivity index (χ4n) is 5.59. The number of aromatic carboxylic acids is 1. The summed E-state index contributed by atoms with van der Waals surface area (Å²) in [5.41, 5.74) is 9.38. The third kappa shape index (κ3) is 5.80. The van der Waals surface area contributed by atoms with Gasteiger partial charge >= 0.3 is 5.97 Å². The van der Waals surface area contributed by atoms with Crippen LogP contribution in [0.5, 0.6) is 5.75 Å². The van der Waals surface area contributed by atoms with E-state index in [4.69, 9.17) is 4.74 Å². The smallest absolute Gasteiger partial charge is 0.345 e. The third-order valence-corrected chi connectivity index (χ3v) is 9.06. The fourth-order valence-corrected chi connectivity index (χ4v) is 6.72. The molecule has 1 saturated carbocycles. The van der Waals surface area contributed by atoms with E-state index in [2.05, 4.69) is 49.4 Å². The van der Waals surface area contributed by atoms with Crippen molar-refractivity contribution in [2.75, 3.05) is 6.61 Å². The molecular weight excluding hydrogens is 514 g/mol. The number of thiophene rings is 1. The lowest BCUT2D eigenvalue weighted by atomic mass is 9.82. The summed E-state index contributed by atoms with van der Waals surface area (Å²) < 4.78 is 9.87. The van der Waals surface area contributed by atoms with E-state index in [9.17, 15) is 9.90 Å². The molecule has 0 radical (unpaired) electrons. The average molecular weight is 556 g/mol. The monoisotopic (exact) mass is 555 g/mol. The molecule has 1 N–H and O–H groups in total. The molecule has 0 spiro atoms. The van der Waals surface area contributed by atoms with E-state index >= 15 is 0 Å². The third-order valence-electron chi connectivity index (χ3n) is 7.91. The number of carboxylic acids is 1. The summed E-state index contributed by atoms with van der Waals surface area (Å²) in [6, 6.07) is 6.18. The van der Waals surface area contributed by atoms with E-state index in [1.807, 2.05) is 45.1 Å². The highest BCUT2D eigenvalue weighted by Gasteiger charge is 2.32. The average Bonchev–Trinajstić information content (AvgIpc) is 3.44. The lowest BCUT2D eigenvalue weighted by Gasteiger charge is -2.23. The highest BCUT2D eigenvalue weighted by molar-refractivity contribution is 7.21. The molecule has 2 aliphatic rings. The zero-order chi connectivity index (χ0) is 29.0. The Morgan fingerprint density at radius 2 is 1.82 bits per heavy atom. The van der Waals surface area contributed by atoms with Crippen LogP contribution in [0.3, 0.4) is 0 Å². The van der Waals surface area contributed by atoms with Gasteiger partial charge in [0.05, 0.1) is 22.5 Å². The van der Waals surface area contributed by atoms with E-state index in [0.717, 1.165) is 62.2 Å². The topological polar surface area (TPSA) is 51.5 Å². The van der Waals surface area contributed by atoms with Crippen molar-refractivity contribution in [1.82, 2.24) is 4.57 Å². The van der Waals surface area contributed by atoms with Crippen LogP contribution in [0.4, 0.5) is 0 Å². The van der Waals surface area contributed by atoms with E-state index in [0.29, 0.717) is 23.9 Å². The van der Waals surface area contributed by atoms with Crippen LogP contribution in [0.25, 0.3) is 27.6 Å². The van der Waals surface area contributed by atoms with Crippen LogP contribution in [0.1, 0.15) is 85.2 Å². The Morgan fingerprint density at radius 1 is 1.12 bits per heavy atom. The Balaban J connectivity index is 0.000000867. The molecular formula is C35H41NO3S. The Hall–Kier alpha value is -3.57. The van der Waals surface area contributed by atoms with Crippen LogP contribution in [0.15, 0.2) is 72.9 Å². The van der Waals surface area contributed by atoms with Crippen molar-refractivity contribution in [2.24, 2.45) is 0 Å². The Kier molecular flexibility index (Phi) is 9.36. The Bertz CT molecular complexity index is 1520. The van der Waals surface area contributed by atoms with Gasteiger partial charge in [-0.25, -0.2) is 4.79 Å². The van der Waals surface area contributed by atoms with Crippen LogP contribution >= 0.6 is 11.3 Å². The van der Waals surface area contributed by atoms with Gasteiger partial charge in [-0.1, -0.05) is 74.9 Å². The van der Waals surface area contributed by atoms with Crippen molar-refractivity contribution in [3.05, 3.63) is 94.5 Å². The van der Waals surface area contributed by atoms with Crippen LogP contribution < -0.4 is 4.74 Å². The molecule has 0 saturated heterocycles. The molecule has 2 aromatic heterocycles. The minimum absolute atomic E-state index is 0.404. The van der Waals surface area contributed by atoms with Gasteiger partial charge in [-0.3, -0.25) is 0 Å². The van der Waals surface area contributed by atoms with Crippen LogP contribution in [0, 0.1) is 6.92 Å². The normalized spacial score (nSPS) is 15.2. The summed E-state index contributed by atoms with van der Waals surface area (Å²) in [4.78, 5) is 12.2. The zero-order valence-electron chi connectivity index (χ0n) is 24.3. The molecule has 1 aliphatic heterocycles. The highest BCUT2D eigenvalue weighted by Crippen LogP contribution is 2.50. The lowest BCUT2D eigenvalue weighted by Crippen LogP contribution is -2.08. The molecule has 4 nitrogen and oxygen atoms in total. The molecule has 3 aromatic rings. The number of hydrogen-bond donors (Lipinski definition) is 1. The maximum Gasteiger partial charge on any atom is 0.345 e. The Labute approximate surface area is 242 Å². The van der Waals surface area contributed by atoms with Gasteiger partial charge in [0.1, 0.15) is 17.2 Å². The van der Waals surface area contributed by atoms with Gasteiger partial charge in [0.25, 0.3) is 0 Å². The Morgan fingerprint density at radius 3 is 2.45 bits per heavy atom. The van der Waals surface area contributed by atoms with Crippen molar-refractivity contribution in [2.45, 2.75) is 72.3 Å². The van der Waals surface area contributed by atoms with Crippen molar-refractivity contribution >= 4 is 33.6 Å². The number of carboxylic acid groups (broad SMARTS) is 1. The predicted molar refractivity (Wildman–Crippen MR) is 171 cm³/mol. The number of ether oxygens (including phenoxy) is 1. The molecule has 3 heterocycles. The van der Waals surface area contributed by atoms with Gasteiger partial charge in [0, 0.05) is 11.1 Å². The molecule has 1 aromatic carbocycles. The SMILES string of the molecule is C/C=C\C.C=C(C)C(=C)C(=C)/C=C\c1c(C)ccc2c1OCCn1c-2c(C2CCCCC2)c2sc(C(=O)O)cc21. The first-order valence-corrected chi connectivity index (χ1v) is 15.0. The first kappa shape index (κ1) is 29.4. The molecule has 0 amide bonds. The number of rotatable bonds is 6. The number of aromatic nitrogens is 1. The highest BCUT2D eigenvalue weighted by atomic mass is 32.1. The second-order valence-electron chi connectivity index (χ2n) is 10.7. The van der Waals surface area contributed by atoms with Crippen molar-refractivity contribution < 1.29 is 14.6 Å². The van der Waals surface area contributed by atoms with Crippen molar-refractivity contribution in [3.8, 4) is 17.0 Å². The van der Waals surface area contributed by atoms with Gasteiger partial charge in [-0.05, 0) is 80.9 Å². The second-order valence-corrected chi connectivity index (χ2v) is 11.7. The molecule has 1 fully saturated rings. The first-order chi connectivity index (χ1) is 19.2. The number of nitrogens with zero attached hydrogens (tertiary/aromatic N) is 1. The number of carbonyl (C=O) groups is 1. The quantitative estimate of drug-likeness (QED) is 0.243. The molecule has 5 rings (SSSR count). The number of aryl methyl sites for hydroxylation is 1. The number of fused-ring (bicyclic) bond motifs is 5. The zero-order valence-corrected chi connectivity index (χ0v) is 25.1. The van der Waals surface area contributed by atoms with Crippen LogP contribution in [-0.4, -0.2) is 22.2 Å². The van der Waals surface area contributed by atoms with E-state index < -0.39 is 5.97 Å². The molecule has 5 heteroatoms. The maximum atomic E-state index is 11.8. The van der Waals surface area contributed by atoms with Gasteiger partial charge < -0.3 is 14.4 Å². The summed E-state index contributed by atoms with van der Waals surface area (Å²) in [7, 11) is 0. The summed E-state index contributed by atoms with van der Waals surface area (Å²) in [6.07, 6.45) is 14.1. The van der Waals surface area contributed by atoms with Crippen molar-refractivity contribution in [1.29, 1.82) is 0 Å². The first-order valence-electron chi connectivity index (χ1n) is 14.1. The number of benzene rings is 1. The van der Waals surface area contributed by atoms with Crippen LogP contribution in [-0.2, 0) is 6.54 Å². The lowest BCUT2D eigenvalue weighted by molar-refractivity contribution is 0.0702. The van der Waals surface area contributed by atoms with Gasteiger partial charge in [0.15, 0.2) is 0 Å². The van der Waals surface area contributed by atoms with Crippen molar-refractivity contribution in [3.63, 3.8) is 0 Å². The van der Waals surface area contributed by atoms with E-state index in [-0.39, 0.29) is 0 Å². The van der Waals surface area contributed by atoms with Gasteiger partial charge in [-0.15, -0.1) is 11.3 Å². The molecule has 1 aliphatic carbocycles. The molecule has 0 bridgehead atoms. The summed E-state index contributed by atoms with van der Waals surface area (Å²) in [5, 5.41) is 9.72. The van der Waals surface area contributed by atoms with E-state index in [1.54, 1.807) is 0 Å². The standard InChI is InChI=1S/C31H33NO3S.C4H8/c1-18(2)21(5)19(3)11-13-23-20(4)12-14-24-28-27(22-9-7-6-8-10-22)30-25(17-26(36-30)31(33)34)32(28)15-16-35-29(23)24;1-3-4-2/h11-14,17,22H,1,3,5-10,15-16H2,2,4H3,(H,33,34);3-4H,1-2H3/b13-11-;4-3-. The van der Waals surface area contributed by atoms with Gasteiger partial charge in [0.2, 0.25) is 0 Å². The van der Waals surface area contributed by atoms with Gasteiger partial charge in [-0.2, -0.15) is 0 Å². The predicted octanol–water partition coefficient (Wildman–Crippen LogP) is 10.1. The molecule has 210 valence electrons. The second kappa shape index (κ2) is 12.7. The fraction of sp³-hybridized carbons (Fsp3) is 0.343. The molecule has 0 atom stereocenters. The number of hydrogen-bond acceptors (Lipinski definition) is 3.